The van der Waals surface area contributed by atoms with E-state index in [0.29, 0.717) is 12.1 Å². The lowest BCUT2D eigenvalue weighted by Gasteiger charge is -2.33. The molecular weight excluding hydrogens is 432 g/mol. The molecule has 1 aromatic carbocycles. The fourth-order valence-corrected chi connectivity index (χ4v) is 5.90. The second kappa shape index (κ2) is 9.71. The fourth-order valence-electron chi connectivity index (χ4n) is 4.82. The summed E-state index contributed by atoms with van der Waals surface area (Å²) < 4.78 is 12.2. The lowest BCUT2D eigenvalue weighted by molar-refractivity contribution is 0.147. The lowest BCUT2D eigenvalue weighted by Crippen LogP contribution is -2.39. The molecule has 2 aliphatic rings. The highest BCUT2D eigenvalue weighted by Gasteiger charge is 2.39. The molecule has 1 fully saturated rings. The summed E-state index contributed by atoms with van der Waals surface area (Å²) >= 11 is 1.76. The zero-order chi connectivity index (χ0) is 23.8. The minimum atomic E-state index is 0.0206. The van der Waals surface area contributed by atoms with Crippen molar-refractivity contribution >= 4 is 27.8 Å². The first-order valence-electron chi connectivity index (χ1n) is 12.0. The van der Waals surface area contributed by atoms with Gasteiger partial charge in [-0.3, -0.25) is 14.9 Å². The largest absolute Gasteiger partial charge is 0.497 e. The summed E-state index contributed by atoms with van der Waals surface area (Å²) in [4.78, 5) is 12.4. The van der Waals surface area contributed by atoms with Crippen molar-refractivity contribution in [2.24, 2.45) is 10.4 Å². The van der Waals surface area contributed by atoms with E-state index in [-0.39, 0.29) is 17.6 Å². The number of nitrogens with zero attached hydrogens (tertiary/aromatic N) is 3. The van der Waals surface area contributed by atoms with Gasteiger partial charge in [0.05, 0.1) is 18.3 Å². The van der Waals surface area contributed by atoms with E-state index in [9.17, 15) is 0 Å². The normalized spacial score (nSPS) is 23.9. The molecule has 3 unspecified atom stereocenters. The number of fused-ring (bicyclic) bond motifs is 1. The van der Waals surface area contributed by atoms with Crippen LogP contribution < -0.4 is 14.8 Å². The molecule has 3 heterocycles. The maximum Gasteiger partial charge on any atom is 0.157 e. The first kappa shape index (κ1) is 24.1. The maximum atomic E-state index is 6.72. The molecule has 4 rings (SSSR count). The Morgan fingerprint density at radius 3 is 2.67 bits per heavy atom. The van der Waals surface area contributed by atoms with E-state index in [1.165, 1.54) is 0 Å². The number of benzene rings is 1. The zero-order valence-electron chi connectivity index (χ0n) is 21.0. The number of hydrogen-bond donors (Lipinski definition) is 1. The third-order valence-corrected chi connectivity index (χ3v) is 7.45. The van der Waals surface area contributed by atoms with Crippen LogP contribution in [0.15, 0.2) is 29.3 Å². The standard InChI is InChI=1S/C26H38N4O2S/c1-8-30-14-18(12-24(30)26(4,5)6)32-23-13-21(22-15-33-25(29-22)27-16(2)3)28-20-11-17(31-7)9-10-19(20)23/h9-11,13,16,18,22,24H,8,12,14-15H2,1-7H3,(H,27,29). The van der Waals surface area contributed by atoms with E-state index in [0.717, 1.165) is 58.5 Å². The Morgan fingerprint density at radius 1 is 1.24 bits per heavy atom. The van der Waals surface area contributed by atoms with Crippen molar-refractivity contribution in [2.75, 3.05) is 26.0 Å². The molecule has 7 heteroatoms. The van der Waals surface area contributed by atoms with E-state index < -0.39 is 0 Å². The summed E-state index contributed by atoms with van der Waals surface area (Å²) in [5.41, 5.74) is 2.07. The predicted molar refractivity (Wildman–Crippen MR) is 139 cm³/mol. The third kappa shape index (κ3) is 5.40. The first-order chi connectivity index (χ1) is 15.7. The summed E-state index contributed by atoms with van der Waals surface area (Å²) in [6.45, 7) is 15.5. The number of methoxy groups -OCH3 is 1. The monoisotopic (exact) mass is 470 g/mol. The van der Waals surface area contributed by atoms with Gasteiger partial charge in [-0.2, -0.15) is 0 Å². The highest BCUT2D eigenvalue weighted by atomic mass is 32.2. The van der Waals surface area contributed by atoms with Crippen LogP contribution in [0.5, 0.6) is 11.5 Å². The number of rotatable bonds is 6. The lowest BCUT2D eigenvalue weighted by atomic mass is 9.85. The molecule has 6 nitrogen and oxygen atoms in total. The minimum absolute atomic E-state index is 0.0206. The van der Waals surface area contributed by atoms with E-state index in [2.05, 4.69) is 63.9 Å². The topological polar surface area (TPSA) is 59.0 Å². The van der Waals surface area contributed by atoms with Gasteiger partial charge >= 0.3 is 0 Å². The van der Waals surface area contributed by atoms with Crippen LogP contribution >= 0.6 is 11.8 Å². The predicted octanol–water partition coefficient (Wildman–Crippen LogP) is 5.27. The fraction of sp³-hybridized carbons (Fsp3) is 0.615. The number of amidine groups is 1. The molecule has 2 aromatic rings. The number of aromatic nitrogens is 1. The molecule has 1 aromatic heterocycles. The third-order valence-electron chi connectivity index (χ3n) is 6.47. The molecule has 33 heavy (non-hydrogen) atoms. The van der Waals surface area contributed by atoms with E-state index in [1.54, 1.807) is 18.9 Å². The second-order valence-corrected chi connectivity index (χ2v) is 11.4. The van der Waals surface area contributed by atoms with Crippen molar-refractivity contribution in [3.63, 3.8) is 0 Å². The van der Waals surface area contributed by atoms with Gasteiger partial charge in [-0.25, -0.2) is 0 Å². The van der Waals surface area contributed by atoms with Crippen molar-refractivity contribution < 1.29 is 9.47 Å². The van der Waals surface area contributed by atoms with Crippen molar-refractivity contribution in [2.45, 2.75) is 72.2 Å². The van der Waals surface area contributed by atoms with Gasteiger partial charge in [0.1, 0.15) is 23.6 Å². The minimum Gasteiger partial charge on any atom is -0.497 e. The van der Waals surface area contributed by atoms with Gasteiger partial charge < -0.3 is 14.8 Å². The Hall–Kier alpha value is -1.99. The Bertz CT molecular complexity index is 1020. The highest BCUT2D eigenvalue weighted by Crippen LogP contribution is 2.38. The Kier molecular flexibility index (Phi) is 7.10. The quantitative estimate of drug-likeness (QED) is 0.620. The number of pyridine rings is 1. The molecule has 0 bridgehead atoms. The van der Waals surface area contributed by atoms with Crippen LogP contribution in [-0.4, -0.2) is 59.2 Å². The van der Waals surface area contributed by atoms with E-state index in [4.69, 9.17) is 19.5 Å². The molecule has 0 aliphatic carbocycles. The summed E-state index contributed by atoms with van der Waals surface area (Å²) in [5, 5.41) is 5.45. The van der Waals surface area contributed by atoms with Crippen LogP contribution in [0.3, 0.4) is 0 Å². The molecule has 0 amide bonds. The van der Waals surface area contributed by atoms with Crippen LogP contribution in [0.4, 0.5) is 0 Å². The molecule has 2 aliphatic heterocycles. The molecule has 180 valence electrons. The Morgan fingerprint density at radius 2 is 2.03 bits per heavy atom. The average Bonchev–Trinajstić information content (AvgIpc) is 3.39. The first-order valence-corrected chi connectivity index (χ1v) is 13.0. The highest BCUT2D eigenvalue weighted by molar-refractivity contribution is 8.14. The SMILES string of the molecule is CCN1CC(Oc2cc(C3CSC(NC(C)C)=N3)nc3cc(OC)ccc23)CC1C(C)(C)C. The molecular formula is C26H38N4O2S. The van der Waals surface area contributed by atoms with Crippen LogP contribution in [-0.2, 0) is 0 Å². The molecule has 1 N–H and O–H groups in total. The van der Waals surface area contributed by atoms with Crippen molar-refractivity contribution in [3.8, 4) is 11.5 Å². The van der Waals surface area contributed by atoms with Gasteiger partial charge in [-0.05, 0) is 37.9 Å². The van der Waals surface area contributed by atoms with Gasteiger partial charge in [-0.1, -0.05) is 39.5 Å². The molecule has 0 saturated carbocycles. The van der Waals surface area contributed by atoms with Crippen LogP contribution in [0.2, 0.25) is 0 Å². The maximum absolute atomic E-state index is 6.72. The number of hydrogen-bond acceptors (Lipinski definition) is 7. The van der Waals surface area contributed by atoms with Crippen molar-refractivity contribution in [1.29, 1.82) is 0 Å². The summed E-state index contributed by atoms with van der Waals surface area (Å²) in [6, 6.07) is 9.05. The van der Waals surface area contributed by atoms with E-state index in [1.807, 2.05) is 12.1 Å². The molecule has 0 radical (unpaired) electrons. The number of ether oxygens (including phenoxy) is 2. The summed E-state index contributed by atoms with van der Waals surface area (Å²) in [5.74, 6) is 2.59. The Labute approximate surface area is 202 Å². The van der Waals surface area contributed by atoms with Crippen LogP contribution in [0, 0.1) is 5.41 Å². The smallest absolute Gasteiger partial charge is 0.157 e. The molecule has 3 atom stereocenters. The van der Waals surface area contributed by atoms with Gasteiger partial charge in [0, 0.05) is 48.3 Å². The average molecular weight is 471 g/mol. The number of likely N-dealkylation sites (tertiary alicyclic amines) is 1. The Balaban J connectivity index is 1.66. The molecule has 0 spiro atoms. The number of thioether (sulfide) groups is 1. The second-order valence-electron chi connectivity index (χ2n) is 10.4. The summed E-state index contributed by atoms with van der Waals surface area (Å²) in [6.07, 6.45) is 1.20. The van der Waals surface area contributed by atoms with Crippen molar-refractivity contribution in [1.82, 2.24) is 15.2 Å². The van der Waals surface area contributed by atoms with Gasteiger partial charge in [0.25, 0.3) is 0 Å². The molecule has 1 saturated heterocycles. The van der Waals surface area contributed by atoms with Crippen LogP contribution in [0.1, 0.15) is 59.7 Å². The van der Waals surface area contributed by atoms with Crippen molar-refractivity contribution in [3.05, 3.63) is 30.0 Å². The van der Waals surface area contributed by atoms with E-state index >= 15 is 0 Å². The van der Waals surface area contributed by atoms with Gasteiger partial charge in [0.15, 0.2) is 5.17 Å². The van der Waals surface area contributed by atoms with Crippen LogP contribution in [0.25, 0.3) is 10.9 Å². The number of aliphatic imine (C=N–C) groups is 1. The number of nitrogens with one attached hydrogen (secondary N) is 1. The summed E-state index contributed by atoms with van der Waals surface area (Å²) in [7, 11) is 1.69. The van der Waals surface area contributed by atoms with Gasteiger partial charge in [0.2, 0.25) is 0 Å². The number of likely N-dealkylation sites (N-methyl/N-ethyl adjacent to an activating group) is 1. The van der Waals surface area contributed by atoms with Gasteiger partial charge in [-0.15, -0.1) is 0 Å². The zero-order valence-corrected chi connectivity index (χ0v) is 21.8.